The van der Waals surface area contributed by atoms with Gasteiger partial charge in [0.2, 0.25) is 0 Å². The highest BCUT2D eigenvalue weighted by atomic mass is 32.2. The van der Waals surface area contributed by atoms with Crippen molar-refractivity contribution in [2.24, 2.45) is 29.1 Å². The third-order valence-corrected chi connectivity index (χ3v) is 10.3. The Hall–Kier alpha value is -0.650. The Kier molecular flexibility index (Phi) is 6.54. The minimum Gasteiger partial charge on any atom is -0.389 e. The fourth-order valence-corrected chi connectivity index (χ4v) is 9.33. The molecule has 4 aliphatic rings. The zero-order valence-corrected chi connectivity index (χ0v) is 19.6. The highest BCUT2D eigenvalue weighted by Gasteiger charge is 2.64. The Morgan fingerprint density at radius 3 is 2.80 bits per heavy atom. The van der Waals surface area contributed by atoms with Gasteiger partial charge in [0.1, 0.15) is 0 Å². The summed E-state index contributed by atoms with van der Waals surface area (Å²) >= 11 is 1.51. The molecule has 30 heavy (non-hydrogen) atoms. The van der Waals surface area contributed by atoms with Crippen molar-refractivity contribution in [3.05, 3.63) is 11.6 Å². The van der Waals surface area contributed by atoms with Gasteiger partial charge in [0.25, 0.3) is 0 Å². The van der Waals surface area contributed by atoms with E-state index >= 15 is 0 Å². The molecule has 5 heteroatoms. The molecule has 0 aliphatic heterocycles. The fraction of sp³-hybridized carbons (Fsp3) is 0.840. The van der Waals surface area contributed by atoms with Gasteiger partial charge in [0.05, 0.1) is 5.60 Å². The van der Waals surface area contributed by atoms with Crippen molar-refractivity contribution >= 4 is 22.7 Å². The number of carbonyl (C=O) groups excluding carboxylic acids is 2. The van der Waals surface area contributed by atoms with Gasteiger partial charge in [0.15, 0.2) is 10.9 Å². The van der Waals surface area contributed by atoms with Crippen LogP contribution >= 0.6 is 11.8 Å². The SMILES string of the molecule is CC[C@]12CC[C@H]3[C@@H]([C@H](SC(C)=O)CC4=CC(=O)CC[C@@H]43)[C@@H]1CC[C@@]2(O)CCCOC. The minimum atomic E-state index is -0.611. The van der Waals surface area contributed by atoms with E-state index in [1.165, 1.54) is 17.3 Å². The van der Waals surface area contributed by atoms with Crippen LogP contribution in [0.1, 0.15) is 78.1 Å². The summed E-state index contributed by atoms with van der Waals surface area (Å²) in [6.07, 6.45) is 11.3. The van der Waals surface area contributed by atoms with Gasteiger partial charge in [-0.2, -0.15) is 0 Å². The average Bonchev–Trinajstić information content (AvgIpc) is 3.00. The molecule has 1 N–H and O–H groups in total. The second-order valence-corrected chi connectivity index (χ2v) is 11.7. The smallest absolute Gasteiger partial charge is 0.186 e. The predicted octanol–water partition coefficient (Wildman–Crippen LogP) is 4.93. The minimum absolute atomic E-state index is 0.0385. The third kappa shape index (κ3) is 3.63. The molecule has 0 amide bonds. The van der Waals surface area contributed by atoms with Crippen LogP contribution in [0.4, 0.5) is 0 Å². The van der Waals surface area contributed by atoms with Gasteiger partial charge in [-0.3, -0.25) is 9.59 Å². The van der Waals surface area contributed by atoms with Gasteiger partial charge in [-0.1, -0.05) is 24.3 Å². The first-order chi connectivity index (χ1) is 14.3. The van der Waals surface area contributed by atoms with Crippen molar-refractivity contribution in [3.8, 4) is 0 Å². The van der Waals surface area contributed by atoms with Crippen molar-refractivity contribution in [3.63, 3.8) is 0 Å². The lowest BCUT2D eigenvalue weighted by Crippen LogP contribution is -2.56. The molecule has 0 bridgehead atoms. The van der Waals surface area contributed by atoms with E-state index < -0.39 is 5.60 Å². The summed E-state index contributed by atoms with van der Waals surface area (Å²) in [6, 6.07) is 0. The van der Waals surface area contributed by atoms with Crippen LogP contribution in [0.2, 0.25) is 0 Å². The molecule has 4 rings (SSSR count). The summed E-state index contributed by atoms with van der Waals surface area (Å²) in [7, 11) is 1.73. The van der Waals surface area contributed by atoms with Gasteiger partial charge < -0.3 is 9.84 Å². The molecular weight excluding hydrogens is 396 g/mol. The van der Waals surface area contributed by atoms with Crippen molar-refractivity contribution in [1.29, 1.82) is 0 Å². The van der Waals surface area contributed by atoms with E-state index in [4.69, 9.17) is 4.74 Å². The summed E-state index contributed by atoms with van der Waals surface area (Å²) in [5.74, 6) is 2.28. The number of ether oxygens (including phenoxy) is 1. The highest BCUT2D eigenvalue weighted by molar-refractivity contribution is 8.14. The first-order valence-corrected chi connectivity index (χ1v) is 12.8. The number of hydrogen-bond acceptors (Lipinski definition) is 5. The number of hydrogen-bond donors (Lipinski definition) is 1. The Morgan fingerprint density at radius 2 is 2.10 bits per heavy atom. The van der Waals surface area contributed by atoms with Crippen molar-refractivity contribution in [2.75, 3.05) is 13.7 Å². The van der Waals surface area contributed by atoms with Crippen LogP contribution in [-0.2, 0) is 14.3 Å². The number of rotatable bonds is 6. The van der Waals surface area contributed by atoms with Crippen LogP contribution in [-0.4, -0.2) is 40.6 Å². The molecule has 0 radical (unpaired) electrons. The van der Waals surface area contributed by atoms with E-state index in [1.54, 1.807) is 14.0 Å². The number of ketones is 1. The quantitative estimate of drug-likeness (QED) is 0.600. The van der Waals surface area contributed by atoms with E-state index in [9.17, 15) is 14.7 Å². The van der Waals surface area contributed by atoms with E-state index in [-0.39, 0.29) is 21.6 Å². The van der Waals surface area contributed by atoms with Crippen LogP contribution in [0.5, 0.6) is 0 Å². The lowest BCUT2D eigenvalue weighted by molar-refractivity contribution is -0.135. The number of thioether (sulfide) groups is 1. The molecule has 4 nitrogen and oxygen atoms in total. The fourth-order valence-electron chi connectivity index (χ4n) is 8.08. The molecule has 168 valence electrons. The Balaban J connectivity index is 1.67. The molecule has 0 unspecified atom stereocenters. The first kappa shape index (κ1) is 22.5. The summed E-state index contributed by atoms with van der Waals surface area (Å²) < 4.78 is 5.28. The van der Waals surface area contributed by atoms with E-state index in [2.05, 4.69) is 6.92 Å². The molecule has 0 aromatic heterocycles. The van der Waals surface area contributed by atoms with Crippen LogP contribution in [0.25, 0.3) is 0 Å². The second kappa shape index (κ2) is 8.71. The average molecular weight is 435 g/mol. The van der Waals surface area contributed by atoms with Crippen molar-refractivity contribution in [2.45, 2.75) is 88.9 Å². The molecule has 0 aromatic rings. The number of methoxy groups -OCH3 is 1. The first-order valence-electron chi connectivity index (χ1n) is 12.0. The number of aliphatic hydroxyl groups is 1. The highest BCUT2D eigenvalue weighted by Crippen LogP contribution is 2.68. The predicted molar refractivity (Wildman–Crippen MR) is 120 cm³/mol. The number of carbonyl (C=O) groups is 2. The molecule has 7 atom stereocenters. The standard InChI is InChI=1S/C25H38O4S/c1-4-24-11-8-20-19-7-6-18(27)14-17(19)15-22(30-16(2)26)23(20)21(24)9-12-25(24,28)10-5-13-29-3/h14,19-23,28H,4-13,15H2,1-3H3/t19-,20+,21-,22+,23+,24-,25-/m0/s1. The van der Waals surface area contributed by atoms with Crippen LogP contribution < -0.4 is 0 Å². The van der Waals surface area contributed by atoms with E-state index in [0.717, 1.165) is 57.8 Å². The van der Waals surface area contributed by atoms with E-state index in [1.807, 2.05) is 6.08 Å². The zero-order valence-electron chi connectivity index (χ0n) is 18.8. The molecule has 3 fully saturated rings. The summed E-state index contributed by atoms with van der Waals surface area (Å²) in [6.45, 7) is 4.64. The van der Waals surface area contributed by atoms with Gasteiger partial charge in [-0.25, -0.2) is 0 Å². The van der Waals surface area contributed by atoms with Crippen molar-refractivity contribution < 1.29 is 19.4 Å². The summed E-state index contributed by atoms with van der Waals surface area (Å²) in [4.78, 5) is 24.3. The lowest BCUT2D eigenvalue weighted by atomic mass is 9.49. The molecule has 0 aromatic carbocycles. The second-order valence-electron chi connectivity index (χ2n) is 10.2. The maximum atomic E-state index is 12.2. The lowest BCUT2D eigenvalue weighted by Gasteiger charge is -2.58. The zero-order chi connectivity index (χ0) is 21.5. The topological polar surface area (TPSA) is 63.6 Å². The van der Waals surface area contributed by atoms with Crippen LogP contribution in [0, 0.1) is 29.1 Å². The Bertz CT molecular complexity index is 718. The Morgan fingerprint density at radius 1 is 1.30 bits per heavy atom. The monoisotopic (exact) mass is 434 g/mol. The van der Waals surface area contributed by atoms with Gasteiger partial charge in [0, 0.05) is 37.7 Å². The summed E-state index contributed by atoms with van der Waals surface area (Å²) in [5.41, 5.74) is 0.659. The molecular formula is C25H38O4S. The molecule has 0 saturated heterocycles. The molecule has 3 saturated carbocycles. The largest absolute Gasteiger partial charge is 0.389 e. The van der Waals surface area contributed by atoms with Gasteiger partial charge >= 0.3 is 0 Å². The number of fused-ring (bicyclic) bond motifs is 5. The molecule has 0 spiro atoms. The van der Waals surface area contributed by atoms with Crippen LogP contribution in [0.15, 0.2) is 11.6 Å². The maximum Gasteiger partial charge on any atom is 0.186 e. The van der Waals surface area contributed by atoms with Crippen molar-refractivity contribution in [1.82, 2.24) is 0 Å². The summed E-state index contributed by atoms with van der Waals surface area (Å²) in [5, 5.41) is 12.3. The van der Waals surface area contributed by atoms with Gasteiger partial charge in [-0.05, 0) is 87.5 Å². The van der Waals surface area contributed by atoms with Gasteiger partial charge in [-0.15, -0.1) is 0 Å². The van der Waals surface area contributed by atoms with Crippen LogP contribution in [0.3, 0.4) is 0 Å². The molecule has 4 aliphatic carbocycles. The third-order valence-electron chi connectivity index (χ3n) is 9.18. The normalized spacial score (nSPS) is 42.9. The van der Waals surface area contributed by atoms with E-state index in [0.29, 0.717) is 36.7 Å². The Labute approximate surface area is 185 Å². The molecule has 0 heterocycles. The maximum absolute atomic E-state index is 12.2. The number of allylic oxidation sites excluding steroid dienone is 1.